The van der Waals surface area contributed by atoms with Gasteiger partial charge in [0.1, 0.15) is 0 Å². The summed E-state index contributed by atoms with van der Waals surface area (Å²) in [5.74, 6) is 0. The zero-order chi connectivity index (χ0) is 12.0. The zero-order valence-corrected chi connectivity index (χ0v) is 8.92. The first-order chi connectivity index (χ1) is 7.47. The van der Waals surface area contributed by atoms with Crippen molar-refractivity contribution >= 4 is 17.2 Å². The standard InChI is InChI=1S/C10H9F3O2S/c11-10(12,13)8-15-16(14)7-6-9-4-2-1-3-5-9/h1-7H,8H2/b7-6+. The van der Waals surface area contributed by atoms with Gasteiger partial charge in [0.15, 0.2) is 17.7 Å². The van der Waals surface area contributed by atoms with Crippen LogP contribution in [-0.4, -0.2) is 17.0 Å². The van der Waals surface area contributed by atoms with Gasteiger partial charge in [0, 0.05) is 5.41 Å². The van der Waals surface area contributed by atoms with Crippen LogP contribution < -0.4 is 0 Å². The predicted molar refractivity (Wildman–Crippen MR) is 55.6 cm³/mol. The molecule has 0 radical (unpaired) electrons. The molecule has 2 nitrogen and oxygen atoms in total. The predicted octanol–water partition coefficient (Wildman–Crippen LogP) is 2.90. The molecule has 0 aliphatic rings. The molecule has 1 aromatic rings. The highest BCUT2D eigenvalue weighted by molar-refractivity contribution is 7.83. The van der Waals surface area contributed by atoms with Gasteiger partial charge in [0.2, 0.25) is 0 Å². The number of hydrogen-bond donors (Lipinski definition) is 0. The average Bonchev–Trinajstić information content (AvgIpc) is 2.24. The Kier molecular flexibility index (Phi) is 4.70. The largest absolute Gasteiger partial charge is 0.413 e. The molecule has 88 valence electrons. The van der Waals surface area contributed by atoms with E-state index in [0.29, 0.717) is 0 Å². The van der Waals surface area contributed by atoms with E-state index in [2.05, 4.69) is 4.18 Å². The van der Waals surface area contributed by atoms with Crippen LogP contribution in [-0.2, 0) is 15.3 Å². The van der Waals surface area contributed by atoms with Crippen molar-refractivity contribution in [3.05, 3.63) is 41.3 Å². The molecule has 0 aliphatic carbocycles. The summed E-state index contributed by atoms with van der Waals surface area (Å²) >= 11 is -2.07. The van der Waals surface area contributed by atoms with Gasteiger partial charge in [0.25, 0.3) is 0 Å². The third kappa shape index (κ3) is 5.67. The molecule has 0 N–H and O–H groups in total. The minimum Gasteiger partial charge on any atom is -0.278 e. The van der Waals surface area contributed by atoms with Crippen molar-refractivity contribution in [1.29, 1.82) is 0 Å². The van der Waals surface area contributed by atoms with E-state index in [1.807, 2.05) is 0 Å². The minimum absolute atomic E-state index is 0.742. The topological polar surface area (TPSA) is 26.3 Å². The van der Waals surface area contributed by atoms with E-state index in [0.717, 1.165) is 11.0 Å². The lowest BCUT2D eigenvalue weighted by Gasteiger charge is -2.03. The fraction of sp³-hybridized carbons (Fsp3) is 0.200. The number of rotatable bonds is 4. The van der Waals surface area contributed by atoms with Crippen molar-refractivity contribution < 1.29 is 21.6 Å². The summed E-state index contributed by atoms with van der Waals surface area (Å²) in [4.78, 5) is 0. The van der Waals surface area contributed by atoms with E-state index < -0.39 is 23.9 Å². The number of halogens is 3. The van der Waals surface area contributed by atoms with Gasteiger partial charge in [-0.15, -0.1) is 0 Å². The summed E-state index contributed by atoms with van der Waals surface area (Å²) in [6.45, 7) is -1.52. The molecule has 0 saturated heterocycles. The van der Waals surface area contributed by atoms with Gasteiger partial charge in [-0.2, -0.15) is 13.2 Å². The highest BCUT2D eigenvalue weighted by atomic mass is 32.2. The SMILES string of the molecule is O=S(/C=C/c1ccccc1)OCC(F)(F)F. The maximum absolute atomic E-state index is 11.7. The van der Waals surface area contributed by atoms with Crippen LogP contribution in [0.1, 0.15) is 5.56 Å². The Morgan fingerprint density at radius 1 is 1.25 bits per heavy atom. The van der Waals surface area contributed by atoms with Crippen LogP contribution in [0.15, 0.2) is 35.7 Å². The summed E-state index contributed by atoms with van der Waals surface area (Å²) in [6.07, 6.45) is -3.03. The first-order valence-electron chi connectivity index (χ1n) is 4.31. The second kappa shape index (κ2) is 5.81. The third-order valence-electron chi connectivity index (χ3n) is 1.51. The van der Waals surface area contributed by atoms with Crippen molar-refractivity contribution in [1.82, 2.24) is 0 Å². The second-order valence-electron chi connectivity index (χ2n) is 2.85. The molecule has 16 heavy (non-hydrogen) atoms. The zero-order valence-electron chi connectivity index (χ0n) is 8.11. The molecule has 0 heterocycles. The molecule has 0 spiro atoms. The van der Waals surface area contributed by atoms with Gasteiger partial charge >= 0.3 is 6.18 Å². The summed E-state index contributed by atoms with van der Waals surface area (Å²) in [5.41, 5.74) is 0.742. The Morgan fingerprint density at radius 2 is 1.88 bits per heavy atom. The first-order valence-corrected chi connectivity index (χ1v) is 5.45. The lowest BCUT2D eigenvalue weighted by molar-refractivity contribution is -0.151. The van der Waals surface area contributed by atoms with E-state index in [-0.39, 0.29) is 0 Å². The molecular weight excluding hydrogens is 241 g/mol. The van der Waals surface area contributed by atoms with Crippen molar-refractivity contribution in [2.24, 2.45) is 0 Å². The Labute approximate surface area is 93.4 Å². The molecule has 0 aliphatic heterocycles. The van der Waals surface area contributed by atoms with Gasteiger partial charge < -0.3 is 0 Å². The van der Waals surface area contributed by atoms with E-state index in [4.69, 9.17) is 0 Å². The van der Waals surface area contributed by atoms with Gasteiger partial charge in [0.05, 0.1) is 0 Å². The van der Waals surface area contributed by atoms with Crippen LogP contribution in [0.5, 0.6) is 0 Å². The van der Waals surface area contributed by atoms with Gasteiger partial charge in [-0.05, 0) is 11.6 Å². The van der Waals surface area contributed by atoms with Gasteiger partial charge in [-0.1, -0.05) is 30.3 Å². The molecular formula is C10H9F3O2S. The van der Waals surface area contributed by atoms with E-state index in [1.165, 1.54) is 6.08 Å². The van der Waals surface area contributed by atoms with Gasteiger partial charge in [-0.3, -0.25) is 4.18 Å². The van der Waals surface area contributed by atoms with Crippen LogP contribution in [0, 0.1) is 0 Å². The van der Waals surface area contributed by atoms with Crippen molar-refractivity contribution in [3.8, 4) is 0 Å². The van der Waals surface area contributed by atoms with Crippen LogP contribution in [0.2, 0.25) is 0 Å². The van der Waals surface area contributed by atoms with Crippen molar-refractivity contribution in [2.75, 3.05) is 6.61 Å². The summed E-state index contributed by atoms with van der Waals surface area (Å²) in [6, 6.07) is 8.79. The maximum Gasteiger partial charge on any atom is 0.413 e. The van der Waals surface area contributed by atoms with Gasteiger partial charge in [-0.25, -0.2) is 4.21 Å². The molecule has 1 aromatic carbocycles. The smallest absolute Gasteiger partial charge is 0.278 e. The first kappa shape index (κ1) is 12.9. The maximum atomic E-state index is 11.7. The lowest BCUT2D eigenvalue weighted by Crippen LogP contribution is -2.17. The summed E-state index contributed by atoms with van der Waals surface area (Å²) in [7, 11) is 0. The van der Waals surface area contributed by atoms with Crippen LogP contribution >= 0.6 is 0 Å². The van der Waals surface area contributed by atoms with E-state index >= 15 is 0 Å². The number of benzene rings is 1. The quantitative estimate of drug-likeness (QED) is 0.821. The fourth-order valence-corrected chi connectivity index (χ4v) is 1.46. The monoisotopic (exact) mass is 250 g/mol. The number of alkyl halides is 3. The van der Waals surface area contributed by atoms with Crippen LogP contribution in [0.4, 0.5) is 13.2 Å². The molecule has 0 saturated carbocycles. The Bertz CT molecular complexity index is 373. The normalized spacial score (nSPS) is 14.2. The summed E-state index contributed by atoms with van der Waals surface area (Å²) in [5, 5.41) is 1.07. The van der Waals surface area contributed by atoms with E-state index in [1.54, 1.807) is 30.3 Å². The highest BCUT2D eigenvalue weighted by Crippen LogP contribution is 2.15. The molecule has 1 atom stereocenters. The fourth-order valence-electron chi connectivity index (χ4n) is 0.862. The number of hydrogen-bond acceptors (Lipinski definition) is 2. The molecule has 0 amide bonds. The molecule has 0 aromatic heterocycles. The van der Waals surface area contributed by atoms with Crippen LogP contribution in [0.3, 0.4) is 0 Å². The van der Waals surface area contributed by atoms with Crippen LogP contribution in [0.25, 0.3) is 6.08 Å². The highest BCUT2D eigenvalue weighted by Gasteiger charge is 2.28. The van der Waals surface area contributed by atoms with E-state index in [9.17, 15) is 17.4 Å². The molecule has 1 rings (SSSR count). The average molecular weight is 250 g/mol. The molecule has 0 fully saturated rings. The van der Waals surface area contributed by atoms with Crippen molar-refractivity contribution in [2.45, 2.75) is 6.18 Å². The third-order valence-corrected chi connectivity index (χ3v) is 2.22. The molecule has 6 heteroatoms. The lowest BCUT2D eigenvalue weighted by atomic mass is 10.2. The summed E-state index contributed by atoms with van der Waals surface area (Å²) < 4.78 is 50.1. The Balaban J connectivity index is 2.43. The Morgan fingerprint density at radius 3 is 2.44 bits per heavy atom. The molecule has 0 bridgehead atoms. The minimum atomic E-state index is -4.46. The Hall–Kier alpha value is -1.14. The van der Waals surface area contributed by atoms with Crippen molar-refractivity contribution in [3.63, 3.8) is 0 Å². The second-order valence-corrected chi connectivity index (χ2v) is 3.88. The molecule has 1 unspecified atom stereocenters.